The fraction of sp³-hybridized carbons (Fsp3) is 0.483. The lowest BCUT2D eigenvalue weighted by Crippen LogP contribution is -2.35. The smallest absolute Gasteiger partial charge is 0.338 e. The lowest BCUT2D eigenvalue weighted by molar-refractivity contribution is -0.133. The first kappa shape index (κ1) is 43.1. The molecule has 5 aromatic carbocycles. The highest BCUT2D eigenvalue weighted by atomic mass is 16.6. The summed E-state index contributed by atoms with van der Waals surface area (Å²) in [6.07, 6.45) is 7.62. The molecule has 66 heavy (non-hydrogen) atoms. The minimum Gasteiger partial charge on any atom is -0.458 e. The summed E-state index contributed by atoms with van der Waals surface area (Å²) < 4.78 is 25.3. The van der Waals surface area contributed by atoms with E-state index in [1.807, 2.05) is 36.4 Å². The number of ether oxygens (including phenoxy) is 4. The second-order valence-corrected chi connectivity index (χ2v) is 21.8. The summed E-state index contributed by atoms with van der Waals surface area (Å²) in [5.74, 6) is 2.20. The van der Waals surface area contributed by atoms with Gasteiger partial charge in [-0.15, -0.1) is 0 Å². The Hall–Kier alpha value is -5.50. The van der Waals surface area contributed by atoms with Gasteiger partial charge < -0.3 is 18.9 Å². The summed E-state index contributed by atoms with van der Waals surface area (Å²) in [5.41, 5.74) is 9.49. The fourth-order valence-electron chi connectivity index (χ4n) is 13.8. The van der Waals surface area contributed by atoms with Gasteiger partial charge in [-0.25, -0.2) is 9.59 Å². The fourth-order valence-corrected chi connectivity index (χ4v) is 13.8. The molecule has 0 N–H and O–H groups in total. The van der Waals surface area contributed by atoms with E-state index >= 15 is 0 Å². The molecule has 11 rings (SSSR count). The Morgan fingerprint density at radius 3 is 1.15 bits per heavy atom. The van der Waals surface area contributed by atoms with Gasteiger partial charge in [0.05, 0.1) is 11.1 Å². The van der Waals surface area contributed by atoms with E-state index in [9.17, 15) is 19.2 Å². The first-order chi connectivity index (χ1) is 31.6. The van der Waals surface area contributed by atoms with Crippen molar-refractivity contribution in [1.82, 2.24) is 0 Å². The topological polar surface area (TPSA) is 105 Å². The SMILES string of the molecule is CC(=O)Oc1c2c(c(OC(C)=O)c3c1[C@H]1C[C@@H]3c3cc4cc(C(=O)O[C@@H]5C[C@H](C)CC[C@H]5C(C)C)ccc4cc31)[C@H]1C[C@@H]2c2cc3cc(C(=O)O[C@@H]4C[C@H](C)CC[C@H]4C(C)C)ccc3cc21. The highest BCUT2D eigenvalue weighted by Crippen LogP contribution is 2.70. The van der Waals surface area contributed by atoms with Gasteiger partial charge in [-0.3, -0.25) is 9.59 Å². The Morgan fingerprint density at radius 2 is 0.818 bits per heavy atom. The average Bonchev–Trinajstić information content (AvgIpc) is 4.04. The number of benzene rings is 5. The van der Waals surface area contributed by atoms with E-state index in [-0.39, 0.29) is 59.8 Å². The lowest BCUT2D eigenvalue weighted by Gasteiger charge is -2.36. The summed E-state index contributed by atoms with van der Waals surface area (Å²) in [4.78, 5) is 53.8. The Balaban J connectivity index is 0.957. The summed E-state index contributed by atoms with van der Waals surface area (Å²) in [7, 11) is 0. The zero-order valence-corrected chi connectivity index (χ0v) is 39.6. The van der Waals surface area contributed by atoms with Crippen molar-refractivity contribution in [3.8, 4) is 11.5 Å². The molecule has 6 aliphatic rings. The maximum Gasteiger partial charge on any atom is 0.338 e. The molecule has 0 aromatic heterocycles. The van der Waals surface area contributed by atoms with E-state index in [0.717, 1.165) is 93.5 Å². The maximum absolute atomic E-state index is 13.8. The van der Waals surface area contributed by atoms with Crippen molar-refractivity contribution in [1.29, 1.82) is 0 Å². The van der Waals surface area contributed by atoms with E-state index in [0.29, 0.717) is 58.1 Å². The van der Waals surface area contributed by atoms with Crippen LogP contribution in [0.1, 0.15) is 196 Å². The third kappa shape index (κ3) is 6.98. The van der Waals surface area contributed by atoms with Crippen molar-refractivity contribution in [3.63, 3.8) is 0 Å². The van der Waals surface area contributed by atoms with Gasteiger partial charge >= 0.3 is 23.9 Å². The van der Waals surface area contributed by atoms with E-state index < -0.39 is 0 Å². The van der Waals surface area contributed by atoms with E-state index in [1.165, 1.54) is 37.8 Å². The first-order valence-electron chi connectivity index (χ1n) is 24.8. The van der Waals surface area contributed by atoms with Crippen molar-refractivity contribution in [2.45, 2.75) is 143 Å². The molecule has 10 atom stereocenters. The Morgan fingerprint density at radius 1 is 0.470 bits per heavy atom. The highest BCUT2D eigenvalue weighted by molar-refractivity contribution is 5.98. The molecular weight excluding hydrogens is 825 g/mol. The molecule has 0 saturated heterocycles. The van der Waals surface area contributed by atoms with Crippen LogP contribution in [0.2, 0.25) is 0 Å². The standard InChI is InChI=1S/C58H62O8/c1-27(2)39-15-9-29(5)17-49(39)65-57(61)35-13-11-33-21-41-43(23-37(33)19-35)47-25-45(41)51-53(47)55(63-31(7)59)52-46-26-48(54(52)56(51)64-32(8)60)44-24-38-20-36(14-12-34(38)22-42(44)46)58(62)66-50-18-30(6)10-16-40(50)28(3)4/h11-14,19-24,27-30,39-40,45-50H,9-10,15-18,25-26H2,1-8H3/t29-,30-,39+,40+,45+,46+,47-,48-,49-,50-/m1/s1. The molecule has 0 heterocycles. The third-order valence-corrected chi connectivity index (χ3v) is 16.9. The third-order valence-electron chi connectivity index (χ3n) is 16.9. The minimum atomic E-state index is -0.389. The van der Waals surface area contributed by atoms with Crippen LogP contribution in [0.5, 0.6) is 11.5 Å². The van der Waals surface area contributed by atoms with Crippen molar-refractivity contribution >= 4 is 45.4 Å². The molecule has 4 bridgehead atoms. The Kier molecular flexibility index (Phi) is 10.5. The molecule has 6 aliphatic carbocycles. The van der Waals surface area contributed by atoms with Crippen LogP contribution in [0, 0.1) is 35.5 Å². The van der Waals surface area contributed by atoms with Crippen LogP contribution in [-0.4, -0.2) is 36.1 Å². The summed E-state index contributed by atoms with van der Waals surface area (Å²) >= 11 is 0. The number of hydrogen-bond donors (Lipinski definition) is 0. The van der Waals surface area contributed by atoms with Gasteiger partial charge in [0.2, 0.25) is 0 Å². The van der Waals surface area contributed by atoms with Crippen molar-refractivity contribution < 1.29 is 38.1 Å². The van der Waals surface area contributed by atoms with Gasteiger partial charge in [0.25, 0.3) is 0 Å². The molecule has 8 nitrogen and oxygen atoms in total. The summed E-state index contributed by atoms with van der Waals surface area (Å²) in [6, 6.07) is 20.6. The molecule has 0 radical (unpaired) electrons. The molecule has 0 amide bonds. The van der Waals surface area contributed by atoms with Gasteiger partial charge in [0.1, 0.15) is 23.7 Å². The predicted molar refractivity (Wildman–Crippen MR) is 255 cm³/mol. The molecule has 0 spiro atoms. The molecule has 2 fully saturated rings. The van der Waals surface area contributed by atoms with E-state index in [1.54, 1.807) is 0 Å². The van der Waals surface area contributed by atoms with Crippen molar-refractivity contribution in [2.24, 2.45) is 35.5 Å². The van der Waals surface area contributed by atoms with Gasteiger partial charge in [-0.2, -0.15) is 0 Å². The van der Waals surface area contributed by atoms with E-state index in [2.05, 4.69) is 65.8 Å². The number of esters is 4. The first-order valence-corrected chi connectivity index (χ1v) is 24.8. The Bertz CT molecular complexity index is 2690. The monoisotopic (exact) mass is 886 g/mol. The number of fused-ring (bicyclic) bond motifs is 18. The molecular formula is C58H62O8. The van der Waals surface area contributed by atoms with E-state index in [4.69, 9.17) is 18.9 Å². The van der Waals surface area contributed by atoms with Crippen LogP contribution in [0.3, 0.4) is 0 Å². The second kappa shape index (κ2) is 16.1. The molecule has 2 saturated carbocycles. The predicted octanol–water partition coefficient (Wildman–Crippen LogP) is 13.0. The normalized spacial score (nSPS) is 27.7. The van der Waals surface area contributed by atoms with Crippen molar-refractivity contribution in [2.75, 3.05) is 0 Å². The van der Waals surface area contributed by atoms with Crippen LogP contribution in [0.4, 0.5) is 0 Å². The highest BCUT2D eigenvalue weighted by Gasteiger charge is 2.54. The molecule has 8 heteroatoms. The van der Waals surface area contributed by atoms with Crippen molar-refractivity contribution in [3.05, 3.63) is 116 Å². The molecule has 5 aromatic rings. The van der Waals surface area contributed by atoms with Gasteiger partial charge in [0, 0.05) is 59.8 Å². The zero-order chi connectivity index (χ0) is 46.0. The minimum absolute atomic E-state index is 0.0736. The van der Waals surface area contributed by atoms with Crippen LogP contribution in [0.25, 0.3) is 21.5 Å². The van der Waals surface area contributed by atoms with Crippen LogP contribution >= 0.6 is 0 Å². The number of carbonyl (C=O) groups excluding carboxylic acids is 4. The molecule has 342 valence electrons. The number of rotatable bonds is 8. The molecule has 0 unspecified atom stereocenters. The largest absolute Gasteiger partial charge is 0.458 e. The van der Waals surface area contributed by atoms with Gasteiger partial charge in [-0.1, -0.05) is 90.8 Å². The Labute approximate surface area is 388 Å². The van der Waals surface area contributed by atoms with Crippen LogP contribution < -0.4 is 9.47 Å². The van der Waals surface area contributed by atoms with Gasteiger partial charge in [0.15, 0.2) is 0 Å². The average molecular weight is 887 g/mol. The van der Waals surface area contributed by atoms with Crippen LogP contribution in [0.15, 0.2) is 60.7 Å². The lowest BCUT2D eigenvalue weighted by atomic mass is 9.75. The quantitative estimate of drug-likeness (QED) is 0.112. The summed E-state index contributed by atoms with van der Waals surface area (Å²) in [6.45, 7) is 16.3. The number of hydrogen-bond acceptors (Lipinski definition) is 8. The van der Waals surface area contributed by atoms with Crippen LogP contribution in [-0.2, 0) is 19.1 Å². The second-order valence-electron chi connectivity index (χ2n) is 21.8. The van der Waals surface area contributed by atoms with Gasteiger partial charge in [-0.05, 0) is 142 Å². The summed E-state index contributed by atoms with van der Waals surface area (Å²) in [5, 5.41) is 3.98. The maximum atomic E-state index is 13.8. The number of carbonyl (C=O) groups is 4. The zero-order valence-electron chi connectivity index (χ0n) is 39.6. The molecule has 0 aliphatic heterocycles.